The lowest BCUT2D eigenvalue weighted by Crippen LogP contribution is -2.53. The lowest BCUT2D eigenvalue weighted by molar-refractivity contribution is -0.133. The molecule has 5 heteroatoms. The second kappa shape index (κ2) is 4.04. The maximum absolute atomic E-state index is 11.7. The molecule has 3 rings (SSSR count). The number of aliphatic hydroxyl groups excluding tert-OH is 3. The van der Waals surface area contributed by atoms with Crippen LogP contribution in [0.15, 0.2) is 34.6 Å². The molecule has 0 aromatic carbocycles. The predicted molar refractivity (Wildman–Crippen MR) is 70.2 cm³/mol. The van der Waals surface area contributed by atoms with Crippen LogP contribution in [-0.4, -0.2) is 39.6 Å². The molecule has 0 saturated heterocycles. The molecular weight excluding hydrogens is 260 g/mol. The number of ether oxygens (including phenoxy) is 1. The Labute approximate surface area is 116 Å². The molecule has 3 N–H and O–H groups in total. The monoisotopic (exact) mass is 278 g/mol. The van der Waals surface area contributed by atoms with Crippen molar-refractivity contribution in [2.24, 2.45) is 11.3 Å². The average Bonchev–Trinajstić information content (AvgIpc) is 2.67. The minimum atomic E-state index is -0.985. The summed E-state index contributed by atoms with van der Waals surface area (Å²) in [7, 11) is 0. The molecule has 20 heavy (non-hydrogen) atoms. The number of hydrogen-bond donors (Lipinski definition) is 3. The van der Waals surface area contributed by atoms with E-state index in [-0.39, 0.29) is 5.92 Å². The van der Waals surface area contributed by atoms with Crippen LogP contribution in [0, 0.1) is 11.3 Å². The van der Waals surface area contributed by atoms with Gasteiger partial charge in [-0.1, -0.05) is 13.8 Å². The second-order valence-corrected chi connectivity index (χ2v) is 6.01. The average molecular weight is 278 g/mol. The molecule has 0 aromatic rings. The lowest BCUT2D eigenvalue weighted by atomic mass is 9.58. The number of allylic oxidation sites excluding steroid dienone is 1. The molecule has 3 aliphatic rings. The van der Waals surface area contributed by atoms with E-state index < -0.39 is 29.7 Å². The smallest absolute Gasteiger partial charge is 0.339 e. The van der Waals surface area contributed by atoms with E-state index >= 15 is 0 Å². The van der Waals surface area contributed by atoms with Crippen molar-refractivity contribution in [3.05, 3.63) is 34.6 Å². The molecule has 0 bridgehead atoms. The van der Waals surface area contributed by atoms with Crippen molar-refractivity contribution in [2.75, 3.05) is 0 Å². The second-order valence-electron chi connectivity index (χ2n) is 6.01. The Hall–Kier alpha value is -1.43. The van der Waals surface area contributed by atoms with E-state index in [9.17, 15) is 20.1 Å². The van der Waals surface area contributed by atoms with Gasteiger partial charge in [-0.15, -0.1) is 0 Å². The van der Waals surface area contributed by atoms with Crippen LogP contribution in [0.3, 0.4) is 0 Å². The number of hydrogen-bond acceptors (Lipinski definition) is 5. The molecule has 5 nitrogen and oxygen atoms in total. The molecule has 2 aliphatic carbocycles. The molecule has 1 aliphatic heterocycles. The van der Waals surface area contributed by atoms with Crippen LogP contribution in [-0.2, 0) is 9.53 Å². The van der Waals surface area contributed by atoms with Crippen molar-refractivity contribution in [1.29, 1.82) is 0 Å². The van der Waals surface area contributed by atoms with Gasteiger partial charge in [0.1, 0.15) is 5.76 Å². The largest absolute Gasteiger partial charge is 0.423 e. The van der Waals surface area contributed by atoms with E-state index in [2.05, 4.69) is 0 Å². The molecule has 0 fully saturated rings. The van der Waals surface area contributed by atoms with E-state index in [1.807, 2.05) is 6.92 Å². The topological polar surface area (TPSA) is 87.0 Å². The zero-order valence-corrected chi connectivity index (χ0v) is 11.6. The summed E-state index contributed by atoms with van der Waals surface area (Å²) in [5.41, 5.74) is 0.825. The van der Waals surface area contributed by atoms with E-state index in [1.54, 1.807) is 19.9 Å². The lowest BCUT2D eigenvalue weighted by Gasteiger charge is -2.49. The van der Waals surface area contributed by atoms with Gasteiger partial charge in [-0.05, 0) is 30.6 Å². The van der Waals surface area contributed by atoms with Crippen LogP contribution in [0.2, 0.25) is 0 Å². The van der Waals surface area contributed by atoms with E-state index in [1.165, 1.54) is 6.08 Å². The Balaban J connectivity index is 2.23. The van der Waals surface area contributed by atoms with Gasteiger partial charge in [0.05, 0.1) is 18.3 Å². The normalized spacial score (nSPS) is 43.6. The third-order valence-electron chi connectivity index (χ3n) is 5.09. The summed E-state index contributed by atoms with van der Waals surface area (Å²) in [5, 5.41) is 30.7. The molecule has 5 atom stereocenters. The highest BCUT2D eigenvalue weighted by Crippen LogP contribution is 2.53. The van der Waals surface area contributed by atoms with Gasteiger partial charge in [0, 0.05) is 16.6 Å². The zero-order chi connectivity index (χ0) is 14.8. The first kappa shape index (κ1) is 13.5. The highest BCUT2D eigenvalue weighted by atomic mass is 16.5. The summed E-state index contributed by atoms with van der Waals surface area (Å²) in [6.07, 6.45) is 0.326. The molecular formula is C15H18O5. The SMILES string of the molecule is CC1=C2C(=CC3=C[C@H](O)[C@H](O)[C@H](C)[C@@]3(C)[C@@H]2O)OC1=O. The fourth-order valence-corrected chi connectivity index (χ4v) is 3.40. The minimum Gasteiger partial charge on any atom is -0.423 e. The summed E-state index contributed by atoms with van der Waals surface area (Å²) in [5.74, 6) is -0.470. The predicted octanol–water partition coefficient (Wildman–Crippen LogP) is 0.422. The first-order valence-corrected chi connectivity index (χ1v) is 6.70. The van der Waals surface area contributed by atoms with Crippen LogP contribution in [0.4, 0.5) is 0 Å². The summed E-state index contributed by atoms with van der Waals surface area (Å²) in [6.45, 7) is 5.24. The highest BCUT2D eigenvalue weighted by molar-refractivity contribution is 5.94. The minimum absolute atomic E-state index is 0.347. The number of aliphatic hydroxyl groups is 3. The van der Waals surface area contributed by atoms with Crippen molar-refractivity contribution in [3.8, 4) is 0 Å². The van der Waals surface area contributed by atoms with Gasteiger partial charge >= 0.3 is 5.97 Å². The number of carbonyl (C=O) groups excluding carboxylic acids is 1. The van der Waals surface area contributed by atoms with Crippen LogP contribution in [0.1, 0.15) is 20.8 Å². The van der Waals surface area contributed by atoms with Gasteiger partial charge in [0.15, 0.2) is 0 Å². The van der Waals surface area contributed by atoms with Gasteiger partial charge in [-0.3, -0.25) is 0 Å². The van der Waals surface area contributed by atoms with Gasteiger partial charge in [0.25, 0.3) is 0 Å². The third-order valence-corrected chi connectivity index (χ3v) is 5.09. The fourth-order valence-electron chi connectivity index (χ4n) is 3.40. The van der Waals surface area contributed by atoms with Crippen LogP contribution >= 0.6 is 0 Å². The Bertz CT molecular complexity index is 585. The molecule has 0 amide bonds. The standard InChI is InChI=1S/C15H18O5/c1-6-11-10(20-14(6)19)5-8-4-9(16)12(17)7(2)15(8,3)13(11)18/h4-5,7,9,12-13,16-18H,1-3H3/t7-,9-,12+,13+,15+/m0/s1. The number of esters is 1. The summed E-state index contributed by atoms with van der Waals surface area (Å²) < 4.78 is 5.14. The quantitative estimate of drug-likeness (QED) is 0.559. The Morgan fingerprint density at radius 1 is 1.30 bits per heavy atom. The van der Waals surface area contributed by atoms with Crippen LogP contribution in [0.25, 0.3) is 0 Å². The number of rotatable bonds is 0. The zero-order valence-electron chi connectivity index (χ0n) is 11.6. The third kappa shape index (κ3) is 1.45. The van der Waals surface area contributed by atoms with Crippen molar-refractivity contribution < 1.29 is 24.9 Å². The van der Waals surface area contributed by atoms with Crippen molar-refractivity contribution in [1.82, 2.24) is 0 Å². The molecule has 0 aromatic heterocycles. The van der Waals surface area contributed by atoms with Gasteiger partial charge in [-0.25, -0.2) is 4.79 Å². The first-order chi connectivity index (χ1) is 9.28. The molecule has 1 heterocycles. The Morgan fingerprint density at radius 3 is 2.60 bits per heavy atom. The first-order valence-electron chi connectivity index (χ1n) is 6.70. The van der Waals surface area contributed by atoms with Crippen LogP contribution in [0.5, 0.6) is 0 Å². The summed E-state index contributed by atoms with van der Waals surface area (Å²) in [4.78, 5) is 11.7. The Morgan fingerprint density at radius 2 is 1.95 bits per heavy atom. The van der Waals surface area contributed by atoms with E-state index in [4.69, 9.17) is 4.74 Å². The van der Waals surface area contributed by atoms with Crippen molar-refractivity contribution >= 4 is 5.97 Å². The molecule has 0 radical (unpaired) electrons. The summed E-state index contributed by atoms with van der Waals surface area (Å²) in [6, 6.07) is 0. The fraction of sp³-hybridized carbons (Fsp3) is 0.533. The highest BCUT2D eigenvalue weighted by Gasteiger charge is 2.54. The van der Waals surface area contributed by atoms with E-state index in [0.29, 0.717) is 22.5 Å². The van der Waals surface area contributed by atoms with E-state index in [0.717, 1.165) is 0 Å². The van der Waals surface area contributed by atoms with Crippen molar-refractivity contribution in [3.63, 3.8) is 0 Å². The maximum Gasteiger partial charge on any atom is 0.339 e. The Kier molecular flexibility index (Phi) is 2.73. The maximum atomic E-state index is 11.7. The van der Waals surface area contributed by atoms with Gasteiger partial charge in [0.2, 0.25) is 0 Å². The molecule has 0 spiro atoms. The molecule has 0 unspecified atom stereocenters. The summed E-state index contributed by atoms with van der Waals surface area (Å²) >= 11 is 0. The van der Waals surface area contributed by atoms with Gasteiger partial charge < -0.3 is 20.1 Å². The number of fused-ring (bicyclic) bond motifs is 2. The van der Waals surface area contributed by atoms with Crippen molar-refractivity contribution in [2.45, 2.75) is 39.1 Å². The molecule has 0 saturated carbocycles. The van der Waals surface area contributed by atoms with Gasteiger partial charge in [-0.2, -0.15) is 0 Å². The van der Waals surface area contributed by atoms with Crippen LogP contribution < -0.4 is 0 Å². The number of carbonyl (C=O) groups is 1. The molecule has 108 valence electrons.